The molecule has 1 amide bonds. The molecule has 2 aliphatic heterocycles. The van der Waals surface area contributed by atoms with Crippen LogP contribution in [0.3, 0.4) is 0 Å². The Hall–Kier alpha value is -3.13. The number of ether oxygens (including phenoxy) is 3. The van der Waals surface area contributed by atoms with Crippen molar-refractivity contribution < 1.29 is 27.8 Å². The summed E-state index contributed by atoms with van der Waals surface area (Å²) >= 11 is 0. The van der Waals surface area contributed by atoms with Gasteiger partial charge in [0.1, 0.15) is 23.8 Å². The van der Waals surface area contributed by atoms with Gasteiger partial charge in [0.05, 0.1) is 18.7 Å². The second kappa shape index (κ2) is 9.25. The van der Waals surface area contributed by atoms with Gasteiger partial charge in [0.2, 0.25) is 0 Å². The minimum Gasteiger partial charge on any atom is -0.496 e. The maximum atomic E-state index is 15.8. The molecule has 0 spiro atoms. The summed E-state index contributed by atoms with van der Waals surface area (Å²) in [7, 11) is 1.45. The first kappa shape index (κ1) is 24.0. The lowest BCUT2D eigenvalue weighted by atomic mass is 9.95. The molecule has 34 heavy (non-hydrogen) atoms. The van der Waals surface area contributed by atoms with Gasteiger partial charge < -0.3 is 19.1 Å². The van der Waals surface area contributed by atoms with E-state index in [1.165, 1.54) is 19.3 Å². The molecule has 0 aromatic heterocycles. The highest BCUT2D eigenvalue weighted by atomic mass is 19.1. The van der Waals surface area contributed by atoms with E-state index in [0.29, 0.717) is 48.6 Å². The number of amides is 1. The summed E-state index contributed by atoms with van der Waals surface area (Å²) in [5.41, 5.74) is 0.475. The van der Waals surface area contributed by atoms with Gasteiger partial charge in [-0.25, -0.2) is 13.6 Å². The summed E-state index contributed by atoms with van der Waals surface area (Å²) in [4.78, 5) is 16.3. The molecule has 182 valence electrons. The zero-order valence-corrected chi connectivity index (χ0v) is 20.0. The maximum absolute atomic E-state index is 15.8. The van der Waals surface area contributed by atoms with E-state index in [2.05, 4.69) is 11.5 Å². The lowest BCUT2D eigenvalue weighted by molar-refractivity contribution is -0.00164. The number of nitrogens with zero attached hydrogens (tertiary/aromatic N) is 2. The number of benzene rings is 2. The predicted octanol–water partition coefficient (Wildman–Crippen LogP) is 5.10. The SMILES string of the molecule is C=Cc1cccc(OC)c1-c1c(F)cc2c(c1F)OC[C@H]1CN(C(=O)OC(C)(C)C)CCN1C2. The van der Waals surface area contributed by atoms with Crippen LogP contribution < -0.4 is 9.47 Å². The fourth-order valence-electron chi connectivity index (χ4n) is 4.46. The van der Waals surface area contributed by atoms with Crippen molar-refractivity contribution in [2.75, 3.05) is 33.4 Å². The minimum atomic E-state index is -0.772. The number of carbonyl (C=O) groups excluding carboxylic acids is 1. The Balaban J connectivity index is 1.65. The van der Waals surface area contributed by atoms with Crippen LogP contribution in [-0.4, -0.2) is 60.9 Å². The molecule has 0 unspecified atom stereocenters. The van der Waals surface area contributed by atoms with E-state index in [9.17, 15) is 4.79 Å². The quantitative estimate of drug-likeness (QED) is 0.622. The molecule has 1 atom stereocenters. The summed E-state index contributed by atoms with van der Waals surface area (Å²) in [6.07, 6.45) is 1.15. The molecule has 1 saturated heterocycles. The van der Waals surface area contributed by atoms with E-state index in [0.717, 1.165) is 0 Å². The molecule has 8 heteroatoms. The van der Waals surface area contributed by atoms with Crippen LogP contribution in [0.25, 0.3) is 17.2 Å². The summed E-state index contributed by atoms with van der Waals surface area (Å²) < 4.78 is 48.0. The fraction of sp³-hybridized carbons (Fsp3) is 0.423. The van der Waals surface area contributed by atoms with E-state index in [1.54, 1.807) is 23.1 Å². The van der Waals surface area contributed by atoms with Gasteiger partial charge in [-0.15, -0.1) is 0 Å². The van der Waals surface area contributed by atoms with Gasteiger partial charge in [-0.05, 0) is 38.5 Å². The number of methoxy groups -OCH3 is 1. The van der Waals surface area contributed by atoms with Crippen molar-refractivity contribution in [3.63, 3.8) is 0 Å². The van der Waals surface area contributed by atoms with Crippen LogP contribution in [0, 0.1) is 11.6 Å². The Morgan fingerprint density at radius 2 is 2.00 bits per heavy atom. The Labute approximate surface area is 198 Å². The average Bonchev–Trinajstić information content (AvgIpc) is 2.96. The third kappa shape index (κ3) is 4.59. The molecule has 0 N–H and O–H groups in total. The van der Waals surface area contributed by atoms with Crippen LogP contribution in [0.4, 0.5) is 13.6 Å². The zero-order chi connectivity index (χ0) is 24.6. The van der Waals surface area contributed by atoms with Gasteiger partial charge in [0, 0.05) is 37.3 Å². The molecule has 2 aliphatic rings. The Morgan fingerprint density at radius 1 is 1.24 bits per heavy atom. The molecule has 0 radical (unpaired) electrons. The van der Waals surface area contributed by atoms with Gasteiger partial charge in [0.25, 0.3) is 0 Å². The van der Waals surface area contributed by atoms with Crippen molar-refractivity contribution in [3.05, 3.63) is 53.6 Å². The lowest BCUT2D eigenvalue weighted by Gasteiger charge is -2.40. The van der Waals surface area contributed by atoms with Crippen LogP contribution in [-0.2, 0) is 11.3 Å². The number of fused-ring (bicyclic) bond motifs is 2. The van der Waals surface area contributed by atoms with Crippen molar-refractivity contribution in [1.29, 1.82) is 0 Å². The van der Waals surface area contributed by atoms with Crippen molar-refractivity contribution >= 4 is 12.2 Å². The monoisotopic (exact) mass is 472 g/mol. The van der Waals surface area contributed by atoms with E-state index >= 15 is 8.78 Å². The number of hydrogen-bond acceptors (Lipinski definition) is 5. The Bertz CT molecular complexity index is 1110. The first-order valence-electron chi connectivity index (χ1n) is 11.3. The number of hydrogen-bond donors (Lipinski definition) is 0. The van der Waals surface area contributed by atoms with Crippen LogP contribution in [0.15, 0.2) is 30.8 Å². The number of carbonyl (C=O) groups is 1. The number of piperazine rings is 1. The normalized spacial score (nSPS) is 18.3. The van der Waals surface area contributed by atoms with E-state index in [-0.39, 0.29) is 30.1 Å². The zero-order valence-electron chi connectivity index (χ0n) is 20.0. The second-order valence-electron chi connectivity index (χ2n) is 9.53. The third-order valence-electron chi connectivity index (χ3n) is 6.05. The molecule has 0 saturated carbocycles. The van der Waals surface area contributed by atoms with E-state index < -0.39 is 17.2 Å². The van der Waals surface area contributed by atoms with E-state index in [4.69, 9.17) is 14.2 Å². The van der Waals surface area contributed by atoms with Gasteiger partial charge >= 0.3 is 6.09 Å². The second-order valence-corrected chi connectivity index (χ2v) is 9.53. The molecule has 1 fully saturated rings. The predicted molar refractivity (Wildman–Crippen MR) is 126 cm³/mol. The van der Waals surface area contributed by atoms with Crippen LogP contribution >= 0.6 is 0 Å². The molecule has 2 aromatic rings. The first-order valence-corrected chi connectivity index (χ1v) is 11.3. The number of rotatable bonds is 3. The summed E-state index contributed by atoms with van der Waals surface area (Å²) in [5.74, 6) is -1.10. The van der Waals surface area contributed by atoms with Crippen LogP contribution in [0.1, 0.15) is 31.9 Å². The summed E-state index contributed by atoms with van der Waals surface area (Å²) in [6, 6.07) is 6.27. The number of halogens is 2. The summed E-state index contributed by atoms with van der Waals surface area (Å²) in [5, 5.41) is 0. The molecule has 6 nitrogen and oxygen atoms in total. The Kier molecular flexibility index (Phi) is 6.53. The van der Waals surface area contributed by atoms with E-state index in [1.807, 2.05) is 20.8 Å². The minimum absolute atomic E-state index is 0.0236. The molecule has 2 aromatic carbocycles. The van der Waals surface area contributed by atoms with Crippen molar-refractivity contribution in [3.8, 4) is 22.6 Å². The maximum Gasteiger partial charge on any atom is 0.410 e. The van der Waals surface area contributed by atoms with Gasteiger partial charge in [-0.3, -0.25) is 4.90 Å². The van der Waals surface area contributed by atoms with Crippen molar-refractivity contribution in [2.45, 2.75) is 39.0 Å². The van der Waals surface area contributed by atoms with Gasteiger partial charge in [-0.2, -0.15) is 0 Å². The molecule has 4 rings (SSSR count). The molecular formula is C26H30F2N2O4. The first-order chi connectivity index (χ1) is 16.1. The van der Waals surface area contributed by atoms with Gasteiger partial charge in [-0.1, -0.05) is 24.8 Å². The third-order valence-corrected chi connectivity index (χ3v) is 6.05. The molecule has 0 aliphatic carbocycles. The average molecular weight is 473 g/mol. The molecular weight excluding hydrogens is 442 g/mol. The highest BCUT2D eigenvalue weighted by Gasteiger charge is 2.36. The smallest absolute Gasteiger partial charge is 0.410 e. The highest BCUT2D eigenvalue weighted by molar-refractivity contribution is 5.82. The fourth-order valence-corrected chi connectivity index (χ4v) is 4.46. The summed E-state index contributed by atoms with van der Waals surface area (Å²) in [6.45, 7) is 11.1. The van der Waals surface area contributed by atoms with Crippen molar-refractivity contribution in [1.82, 2.24) is 9.80 Å². The standard InChI is InChI=1S/C26H30F2N2O4/c1-6-16-8-7-9-20(32-5)21(16)22-19(27)12-17-13-29-10-11-30(25(31)34-26(2,3)4)14-18(29)15-33-24(17)23(22)28/h6-9,12,18H,1,10-11,13-15H2,2-5H3/t18-/m1/s1. The highest BCUT2D eigenvalue weighted by Crippen LogP contribution is 2.42. The topological polar surface area (TPSA) is 51.2 Å². The van der Waals surface area contributed by atoms with Crippen LogP contribution in [0.5, 0.6) is 11.5 Å². The largest absolute Gasteiger partial charge is 0.496 e. The lowest BCUT2D eigenvalue weighted by Crippen LogP contribution is -2.56. The Morgan fingerprint density at radius 3 is 2.68 bits per heavy atom. The van der Waals surface area contributed by atoms with Crippen molar-refractivity contribution in [2.24, 2.45) is 0 Å². The molecule has 0 bridgehead atoms. The van der Waals surface area contributed by atoms with Crippen LogP contribution in [0.2, 0.25) is 0 Å². The van der Waals surface area contributed by atoms with Gasteiger partial charge in [0.15, 0.2) is 11.6 Å². The molecule has 2 heterocycles.